The number of halogens is 2. The van der Waals surface area contributed by atoms with Gasteiger partial charge in [-0.2, -0.15) is 0 Å². The van der Waals surface area contributed by atoms with Gasteiger partial charge >= 0.3 is 0 Å². The zero-order valence-electron chi connectivity index (χ0n) is 38.3. The van der Waals surface area contributed by atoms with Crippen LogP contribution in [0.25, 0.3) is 55.4 Å². The van der Waals surface area contributed by atoms with E-state index in [0.29, 0.717) is 56.8 Å². The molecule has 0 saturated carbocycles. The summed E-state index contributed by atoms with van der Waals surface area (Å²) in [5, 5.41) is 0. The van der Waals surface area contributed by atoms with Crippen molar-refractivity contribution in [3.05, 3.63) is 128 Å². The van der Waals surface area contributed by atoms with Gasteiger partial charge in [-0.05, 0) is 47.9 Å². The van der Waals surface area contributed by atoms with Crippen molar-refractivity contribution in [2.75, 3.05) is 13.1 Å². The zero-order chi connectivity index (χ0) is 45.5. The number of hydrogen-bond donors (Lipinski definition) is 0. The highest BCUT2D eigenvalue weighted by atomic mass is 32.1. The second-order valence-corrected chi connectivity index (χ2v) is 21.2. The Kier molecular flexibility index (Phi) is 12.9. The van der Waals surface area contributed by atoms with Crippen LogP contribution >= 0.6 is 22.7 Å². The summed E-state index contributed by atoms with van der Waals surface area (Å²) in [7, 11) is 0. The van der Waals surface area contributed by atoms with Crippen molar-refractivity contribution in [3.63, 3.8) is 0 Å². The molecule has 2 aliphatic rings. The molecule has 2 amide bonds. The summed E-state index contributed by atoms with van der Waals surface area (Å²) >= 11 is 2.89. The van der Waals surface area contributed by atoms with Gasteiger partial charge in [-0.3, -0.25) is 9.59 Å². The van der Waals surface area contributed by atoms with Crippen LogP contribution in [0.1, 0.15) is 127 Å². The molecule has 0 unspecified atom stereocenters. The van der Waals surface area contributed by atoms with Crippen molar-refractivity contribution < 1.29 is 18.4 Å². The van der Waals surface area contributed by atoms with Crippen molar-refractivity contribution in [1.82, 2.24) is 19.8 Å². The predicted octanol–water partition coefficient (Wildman–Crippen LogP) is 14.6. The van der Waals surface area contributed by atoms with E-state index in [1.54, 1.807) is 22.3 Å². The molecule has 6 aromatic rings. The number of nitrogens with zero attached hydrogens (tertiary/aromatic N) is 4. The normalized spacial score (nSPS) is 14.6. The van der Waals surface area contributed by atoms with Crippen molar-refractivity contribution in [1.29, 1.82) is 0 Å². The van der Waals surface area contributed by atoms with Gasteiger partial charge in [0.25, 0.3) is 11.8 Å². The van der Waals surface area contributed by atoms with Gasteiger partial charge in [-0.15, -0.1) is 22.7 Å². The van der Waals surface area contributed by atoms with Gasteiger partial charge in [-0.1, -0.05) is 155 Å². The van der Waals surface area contributed by atoms with Crippen LogP contribution in [-0.2, 0) is 20.4 Å². The molecule has 0 aliphatic carbocycles. The molecule has 0 saturated heterocycles. The van der Waals surface area contributed by atoms with Crippen LogP contribution in [0.5, 0.6) is 0 Å². The lowest BCUT2D eigenvalue weighted by Gasteiger charge is -2.25. The molecule has 0 spiro atoms. The molecule has 0 atom stereocenters. The first-order chi connectivity index (χ1) is 30.6. The molecular weight excluding hydrogens is 839 g/mol. The maximum atomic E-state index is 17.2. The predicted molar refractivity (Wildman–Crippen MR) is 261 cm³/mol. The number of fused-ring (bicyclic) bond motifs is 2. The standard InChI is InChI=1S/C54H58F2N4O2S2/c1-9-11-13-21-31-59-49(40-41(52(59)62)50(37-29-30-38(64-37)53(3,4)5)60(51(40)61)32-22-14-12-10-2)36-28-27-35(63-36)39-43(55)44(56)42(54(6,7)8)48-47(39)57-45(33-23-17-15-18-24-33)46(58-48)34-25-19-16-20-26-34/h15-20,23-30H,9-14,21-22,31-32H2,1-8H3. The molecule has 0 fully saturated rings. The van der Waals surface area contributed by atoms with Gasteiger partial charge in [-0.25, -0.2) is 18.7 Å². The van der Waals surface area contributed by atoms with Crippen LogP contribution in [0.2, 0.25) is 0 Å². The molecule has 332 valence electrons. The Morgan fingerprint density at radius 1 is 0.531 bits per heavy atom. The average Bonchev–Trinajstić information content (AvgIpc) is 4.07. The molecule has 64 heavy (non-hydrogen) atoms. The number of benzene rings is 3. The summed E-state index contributed by atoms with van der Waals surface area (Å²) in [5.74, 6) is -2.35. The van der Waals surface area contributed by atoms with Crippen molar-refractivity contribution in [2.24, 2.45) is 0 Å². The Hall–Kier alpha value is -5.32. The van der Waals surface area contributed by atoms with E-state index in [4.69, 9.17) is 9.97 Å². The van der Waals surface area contributed by atoms with Gasteiger partial charge in [0.05, 0.1) is 54.8 Å². The third-order valence-electron chi connectivity index (χ3n) is 12.2. The van der Waals surface area contributed by atoms with Crippen LogP contribution in [0.15, 0.2) is 96.1 Å². The van der Waals surface area contributed by atoms with E-state index in [1.807, 2.05) is 92.4 Å². The van der Waals surface area contributed by atoms with Gasteiger partial charge in [0, 0.05) is 39.5 Å². The fourth-order valence-electron chi connectivity index (χ4n) is 8.91. The lowest BCUT2D eigenvalue weighted by molar-refractivity contribution is -0.124. The van der Waals surface area contributed by atoms with Gasteiger partial charge in [0.1, 0.15) is 5.52 Å². The maximum absolute atomic E-state index is 17.2. The van der Waals surface area contributed by atoms with Crippen molar-refractivity contribution >= 4 is 56.9 Å². The molecular formula is C54H58F2N4O2S2. The van der Waals surface area contributed by atoms with Gasteiger partial charge in [0.15, 0.2) is 11.6 Å². The van der Waals surface area contributed by atoms with E-state index < -0.39 is 17.0 Å². The lowest BCUT2D eigenvalue weighted by Crippen LogP contribution is -2.30. The fraction of sp³-hybridized carbons (Fsp3) is 0.370. The molecule has 5 heterocycles. The lowest BCUT2D eigenvalue weighted by atomic mass is 9.84. The number of aromatic nitrogens is 2. The van der Waals surface area contributed by atoms with Crippen molar-refractivity contribution in [2.45, 2.75) is 118 Å². The SMILES string of the molecule is CCCCCCN1C(=O)C2=C(c3ccc(C(C)(C)C)s3)N(CCCCCC)C(=O)C2=C1c1ccc(-c2c(F)c(F)c(C(C)(C)C)c3nc(-c4ccccc4)c(-c4ccccc4)nc23)s1. The monoisotopic (exact) mass is 896 g/mol. The first kappa shape index (κ1) is 45.3. The molecule has 3 aromatic heterocycles. The van der Waals surface area contributed by atoms with Crippen LogP contribution in [0.4, 0.5) is 8.78 Å². The number of carbonyl (C=O) groups is 2. The van der Waals surface area contributed by atoms with E-state index in [-0.39, 0.29) is 39.4 Å². The third-order valence-corrected chi connectivity index (χ3v) is 14.8. The molecule has 0 bridgehead atoms. The first-order valence-electron chi connectivity index (χ1n) is 22.8. The molecule has 10 heteroatoms. The molecule has 2 aliphatic heterocycles. The number of thiophene rings is 2. The minimum absolute atomic E-state index is 0.00510. The second-order valence-electron chi connectivity index (χ2n) is 19.0. The number of hydrogen-bond acceptors (Lipinski definition) is 6. The van der Waals surface area contributed by atoms with Gasteiger partial charge < -0.3 is 9.80 Å². The van der Waals surface area contributed by atoms with E-state index in [2.05, 4.69) is 46.8 Å². The van der Waals surface area contributed by atoms with Crippen molar-refractivity contribution in [3.8, 4) is 33.0 Å². The third kappa shape index (κ3) is 8.39. The molecule has 0 radical (unpaired) electrons. The first-order valence-corrected chi connectivity index (χ1v) is 24.5. The Bertz CT molecular complexity index is 2790. The average molecular weight is 897 g/mol. The number of carbonyl (C=O) groups excluding carboxylic acids is 2. The molecule has 0 N–H and O–H groups in total. The molecule has 8 rings (SSSR count). The quantitative estimate of drug-likeness (QED) is 0.0963. The Labute approximate surface area is 384 Å². The van der Waals surface area contributed by atoms with E-state index in [1.165, 1.54) is 16.2 Å². The number of amides is 2. The fourth-order valence-corrected chi connectivity index (χ4v) is 11.1. The summed E-state index contributed by atoms with van der Waals surface area (Å²) in [6, 6.07) is 27.1. The number of rotatable bonds is 15. The molecule has 6 nitrogen and oxygen atoms in total. The summed E-state index contributed by atoms with van der Waals surface area (Å²) in [5.41, 5.74) is 4.53. The Morgan fingerprint density at radius 3 is 1.47 bits per heavy atom. The van der Waals surface area contributed by atoms with Crippen LogP contribution in [-0.4, -0.2) is 44.7 Å². The van der Waals surface area contributed by atoms with Crippen LogP contribution in [0, 0.1) is 11.6 Å². The van der Waals surface area contributed by atoms with E-state index in [9.17, 15) is 0 Å². The maximum Gasteiger partial charge on any atom is 0.261 e. The minimum atomic E-state index is -1.01. The zero-order valence-corrected chi connectivity index (χ0v) is 40.0. The summed E-state index contributed by atoms with van der Waals surface area (Å²) < 4.78 is 34.1. The van der Waals surface area contributed by atoms with Crippen LogP contribution in [0.3, 0.4) is 0 Å². The van der Waals surface area contributed by atoms with E-state index in [0.717, 1.165) is 67.4 Å². The van der Waals surface area contributed by atoms with E-state index >= 15 is 18.4 Å². The minimum Gasteiger partial charge on any atom is -0.306 e. The summed E-state index contributed by atoms with van der Waals surface area (Å²) in [4.78, 5) is 47.2. The topological polar surface area (TPSA) is 66.4 Å². The van der Waals surface area contributed by atoms with Crippen LogP contribution < -0.4 is 0 Å². The highest BCUT2D eigenvalue weighted by Crippen LogP contribution is 2.51. The molecule has 3 aromatic carbocycles. The summed E-state index contributed by atoms with van der Waals surface area (Å²) in [6.07, 6.45) is 7.68. The van der Waals surface area contributed by atoms with Gasteiger partial charge in [0.2, 0.25) is 0 Å². The Balaban J connectivity index is 1.36. The Morgan fingerprint density at radius 2 is 1.00 bits per heavy atom. The summed E-state index contributed by atoms with van der Waals surface area (Å²) in [6.45, 7) is 17.3. The smallest absolute Gasteiger partial charge is 0.261 e. The highest BCUT2D eigenvalue weighted by molar-refractivity contribution is 7.16. The highest BCUT2D eigenvalue weighted by Gasteiger charge is 2.49. The number of unbranched alkanes of at least 4 members (excludes halogenated alkanes) is 6. The second kappa shape index (κ2) is 18.3. The largest absolute Gasteiger partial charge is 0.306 e.